The van der Waals surface area contributed by atoms with E-state index in [1.807, 2.05) is 42.6 Å². The van der Waals surface area contributed by atoms with Crippen molar-refractivity contribution >= 4 is 34.2 Å². The molecule has 0 N–H and O–H groups in total. The highest BCUT2D eigenvalue weighted by atomic mass is 15.1. The summed E-state index contributed by atoms with van der Waals surface area (Å²) in [5, 5.41) is 0. The van der Waals surface area contributed by atoms with Crippen molar-refractivity contribution in [1.29, 1.82) is 0 Å². The Morgan fingerprint density at radius 1 is 0.964 bits per heavy atom. The van der Waals surface area contributed by atoms with Crippen molar-refractivity contribution in [3.05, 3.63) is 90.6 Å². The number of benzene rings is 2. The summed E-state index contributed by atoms with van der Waals surface area (Å²) in [5.41, 5.74) is 7.11. The van der Waals surface area contributed by atoms with E-state index in [0.29, 0.717) is 0 Å². The van der Waals surface area contributed by atoms with Gasteiger partial charge in [-0.2, -0.15) is 0 Å². The Labute approximate surface area is 164 Å². The van der Waals surface area contributed by atoms with Gasteiger partial charge in [0.25, 0.3) is 0 Å². The third-order valence-electron chi connectivity index (χ3n) is 4.92. The SMILES string of the molecule is C=C/C=C\c1c(C=C)ccc2nc(CCc3cnc4ccccc4n3)n(C)c12. The third-order valence-corrected chi connectivity index (χ3v) is 4.92. The molecular weight excluding hydrogens is 344 g/mol. The first-order chi connectivity index (χ1) is 13.7. The van der Waals surface area contributed by atoms with Crippen LogP contribution in [0.15, 0.2) is 67.9 Å². The number of hydrogen-bond donors (Lipinski definition) is 0. The van der Waals surface area contributed by atoms with E-state index in [-0.39, 0.29) is 0 Å². The van der Waals surface area contributed by atoms with Crippen LogP contribution in [0.2, 0.25) is 0 Å². The number of allylic oxidation sites excluding steroid dienone is 2. The highest BCUT2D eigenvalue weighted by Gasteiger charge is 2.13. The molecular formula is C24H22N4. The van der Waals surface area contributed by atoms with Gasteiger partial charge in [-0.05, 0) is 30.2 Å². The highest BCUT2D eigenvalue weighted by molar-refractivity contribution is 5.90. The van der Waals surface area contributed by atoms with Crippen LogP contribution < -0.4 is 0 Å². The van der Waals surface area contributed by atoms with Gasteiger partial charge in [0.1, 0.15) is 5.82 Å². The van der Waals surface area contributed by atoms with E-state index < -0.39 is 0 Å². The van der Waals surface area contributed by atoms with Crippen LogP contribution in [0.4, 0.5) is 0 Å². The van der Waals surface area contributed by atoms with Crippen LogP contribution in [0.3, 0.4) is 0 Å². The molecule has 138 valence electrons. The molecule has 4 rings (SSSR count). The maximum atomic E-state index is 4.85. The van der Waals surface area contributed by atoms with E-state index in [1.165, 1.54) is 0 Å². The summed E-state index contributed by atoms with van der Waals surface area (Å²) in [6, 6.07) is 12.1. The minimum atomic E-state index is 0.793. The summed E-state index contributed by atoms with van der Waals surface area (Å²) in [4.78, 5) is 14.1. The number of aryl methyl sites for hydroxylation is 3. The molecule has 0 saturated heterocycles. The maximum Gasteiger partial charge on any atom is 0.110 e. The van der Waals surface area contributed by atoms with Crippen molar-refractivity contribution in [3.8, 4) is 0 Å². The molecule has 2 aromatic carbocycles. The topological polar surface area (TPSA) is 43.6 Å². The predicted octanol–water partition coefficient (Wildman–Crippen LogP) is 5.14. The second-order valence-corrected chi connectivity index (χ2v) is 6.67. The van der Waals surface area contributed by atoms with Crippen molar-refractivity contribution in [2.45, 2.75) is 12.8 Å². The number of rotatable bonds is 6. The van der Waals surface area contributed by atoms with Gasteiger partial charge in [-0.25, -0.2) is 9.97 Å². The van der Waals surface area contributed by atoms with Gasteiger partial charge < -0.3 is 4.57 Å². The van der Waals surface area contributed by atoms with Crippen LogP contribution in [0.1, 0.15) is 22.6 Å². The summed E-state index contributed by atoms with van der Waals surface area (Å²) >= 11 is 0. The lowest BCUT2D eigenvalue weighted by Crippen LogP contribution is -2.03. The summed E-state index contributed by atoms with van der Waals surface area (Å²) in [6.07, 6.45) is 11.1. The zero-order valence-electron chi connectivity index (χ0n) is 16.0. The van der Waals surface area contributed by atoms with Gasteiger partial charge in [0, 0.05) is 25.2 Å². The molecule has 0 aliphatic carbocycles. The fourth-order valence-corrected chi connectivity index (χ4v) is 3.49. The average molecular weight is 366 g/mol. The van der Waals surface area contributed by atoms with Crippen LogP contribution in [0, 0.1) is 0 Å². The molecule has 0 unspecified atom stereocenters. The summed E-state index contributed by atoms with van der Waals surface area (Å²) in [6.45, 7) is 7.71. The van der Waals surface area contributed by atoms with E-state index in [0.717, 1.165) is 57.6 Å². The Morgan fingerprint density at radius 2 is 1.79 bits per heavy atom. The first-order valence-corrected chi connectivity index (χ1v) is 9.31. The zero-order valence-corrected chi connectivity index (χ0v) is 16.0. The third kappa shape index (κ3) is 3.25. The largest absolute Gasteiger partial charge is 0.331 e. The van der Waals surface area contributed by atoms with Gasteiger partial charge in [-0.15, -0.1) is 0 Å². The van der Waals surface area contributed by atoms with Crippen LogP contribution in [-0.2, 0) is 19.9 Å². The van der Waals surface area contributed by atoms with E-state index in [2.05, 4.69) is 48.0 Å². The van der Waals surface area contributed by atoms with Crippen molar-refractivity contribution in [2.24, 2.45) is 7.05 Å². The lowest BCUT2D eigenvalue weighted by Gasteiger charge is -2.07. The molecule has 0 atom stereocenters. The number of aromatic nitrogens is 4. The van der Waals surface area contributed by atoms with Crippen LogP contribution >= 0.6 is 0 Å². The standard InChI is InChI=1S/C24H22N4/c1-4-6-9-19-17(5-2)12-14-22-24(19)28(3)23(27-22)15-13-18-16-25-20-10-7-8-11-21(20)26-18/h4-12,14,16H,1-2,13,15H2,3H3/b9-6-. The van der Waals surface area contributed by atoms with Gasteiger partial charge in [-0.3, -0.25) is 4.98 Å². The molecule has 4 aromatic rings. The minimum absolute atomic E-state index is 0.793. The normalized spacial score (nSPS) is 11.5. The zero-order chi connectivity index (χ0) is 19.5. The van der Waals surface area contributed by atoms with E-state index in [4.69, 9.17) is 9.97 Å². The number of imidazole rings is 1. The predicted molar refractivity (Wildman–Crippen MR) is 117 cm³/mol. The molecule has 4 heteroatoms. The molecule has 0 radical (unpaired) electrons. The van der Waals surface area contributed by atoms with Crippen molar-refractivity contribution < 1.29 is 0 Å². The second-order valence-electron chi connectivity index (χ2n) is 6.67. The Kier molecular flexibility index (Phi) is 4.85. The molecule has 0 spiro atoms. The van der Waals surface area contributed by atoms with Gasteiger partial charge in [0.15, 0.2) is 0 Å². The fourth-order valence-electron chi connectivity index (χ4n) is 3.49. The lowest BCUT2D eigenvalue weighted by molar-refractivity contribution is 0.775. The number of fused-ring (bicyclic) bond motifs is 2. The Balaban J connectivity index is 1.68. The Hall–Kier alpha value is -3.53. The van der Waals surface area contributed by atoms with Crippen molar-refractivity contribution in [3.63, 3.8) is 0 Å². The van der Waals surface area contributed by atoms with Crippen LogP contribution in [0.25, 0.3) is 34.2 Å². The smallest absolute Gasteiger partial charge is 0.110 e. The highest BCUT2D eigenvalue weighted by Crippen LogP contribution is 2.26. The van der Waals surface area contributed by atoms with Gasteiger partial charge in [-0.1, -0.05) is 55.7 Å². The minimum Gasteiger partial charge on any atom is -0.331 e. The van der Waals surface area contributed by atoms with Crippen LogP contribution in [-0.4, -0.2) is 19.5 Å². The van der Waals surface area contributed by atoms with Crippen LogP contribution in [0.5, 0.6) is 0 Å². The molecule has 0 aliphatic rings. The van der Waals surface area contributed by atoms with Crippen molar-refractivity contribution in [1.82, 2.24) is 19.5 Å². The first-order valence-electron chi connectivity index (χ1n) is 9.31. The summed E-state index contributed by atoms with van der Waals surface area (Å²) in [7, 11) is 2.06. The molecule has 0 aliphatic heterocycles. The van der Waals surface area contributed by atoms with Gasteiger partial charge in [0.2, 0.25) is 0 Å². The van der Waals surface area contributed by atoms with E-state index >= 15 is 0 Å². The van der Waals surface area contributed by atoms with E-state index in [9.17, 15) is 0 Å². The molecule has 0 fully saturated rings. The second kappa shape index (κ2) is 7.61. The average Bonchev–Trinajstić information content (AvgIpc) is 3.06. The van der Waals surface area contributed by atoms with Gasteiger partial charge in [0.05, 0.1) is 27.8 Å². The molecule has 0 saturated carbocycles. The molecule has 2 aromatic heterocycles. The van der Waals surface area contributed by atoms with Gasteiger partial charge >= 0.3 is 0 Å². The summed E-state index contributed by atoms with van der Waals surface area (Å²) in [5.74, 6) is 1.03. The Morgan fingerprint density at radius 3 is 2.57 bits per heavy atom. The number of nitrogens with zero attached hydrogens (tertiary/aromatic N) is 4. The summed E-state index contributed by atoms with van der Waals surface area (Å²) < 4.78 is 2.17. The molecule has 28 heavy (non-hydrogen) atoms. The quantitative estimate of drug-likeness (QED) is 0.444. The number of para-hydroxylation sites is 2. The molecule has 0 amide bonds. The fraction of sp³-hybridized carbons (Fsp3) is 0.125. The monoisotopic (exact) mass is 366 g/mol. The molecule has 2 heterocycles. The van der Waals surface area contributed by atoms with Crippen molar-refractivity contribution in [2.75, 3.05) is 0 Å². The maximum absolute atomic E-state index is 4.85. The first kappa shape index (κ1) is 17.9. The molecule has 0 bridgehead atoms. The Bertz CT molecular complexity index is 1210. The molecule has 4 nitrogen and oxygen atoms in total. The lowest BCUT2D eigenvalue weighted by atomic mass is 10.0. The van der Waals surface area contributed by atoms with E-state index in [1.54, 1.807) is 6.08 Å². The number of hydrogen-bond acceptors (Lipinski definition) is 3.